The van der Waals surface area contributed by atoms with E-state index in [0.29, 0.717) is 30.7 Å². The molecule has 0 aliphatic heterocycles. The number of aromatic nitrogens is 3. The molecule has 0 aliphatic carbocycles. The predicted octanol–water partition coefficient (Wildman–Crippen LogP) is 2.86. The summed E-state index contributed by atoms with van der Waals surface area (Å²) in [6.07, 6.45) is 5.08. The molecule has 5 nitrogen and oxygen atoms in total. The third-order valence-electron chi connectivity index (χ3n) is 3.31. The highest BCUT2D eigenvalue weighted by atomic mass is 16.1. The van der Waals surface area contributed by atoms with Crippen molar-refractivity contribution in [2.45, 2.75) is 33.1 Å². The van der Waals surface area contributed by atoms with Crippen LogP contribution < -0.4 is 0 Å². The average Bonchev–Trinajstić information content (AvgIpc) is 2.90. The summed E-state index contributed by atoms with van der Waals surface area (Å²) < 4.78 is 1.71. The molecule has 0 unspecified atom stereocenters. The van der Waals surface area contributed by atoms with Crippen LogP contribution >= 0.6 is 0 Å². The highest BCUT2D eigenvalue weighted by Crippen LogP contribution is 2.11. The normalized spacial score (nSPS) is 10.9. The molecule has 0 radical (unpaired) electrons. The number of hydrogen-bond donors (Lipinski definition) is 0. The summed E-state index contributed by atoms with van der Waals surface area (Å²) in [6, 6.07) is 5.05. The molecule has 22 heavy (non-hydrogen) atoms. The zero-order valence-electron chi connectivity index (χ0n) is 13.2. The number of pyridine rings is 1. The molecule has 0 N–H and O–H groups in total. The van der Waals surface area contributed by atoms with Crippen molar-refractivity contribution < 1.29 is 9.59 Å². The van der Waals surface area contributed by atoms with E-state index in [2.05, 4.69) is 10.1 Å². The van der Waals surface area contributed by atoms with Crippen molar-refractivity contribution in [2.24, 2.45) is 13.0 Å². The van der Waals surface area contributed by atoms with Crippen LogP contribution in [0.2, 0.25) is 0 Å². The standard InChI is InChI=1S/C17H21N3O2/c1-12(2)9-17(22)15-6-4-5-14(19-15)16(21)8-7-13-10-18-20(3)11-13/h4-6,10-12H,7-9H2,1-3H3. The Morgan fingerprint density at radius 2 is 1.86 bits per heavy atom. The van der Waals surface area contributed by atoms with Crippen LogP contribution in [0, 0.1) is 5.92 Å². The minimum absolute atomic E-state index is 0.0168. The zero-order valence-corrected chi connectivity index (χ0v) is 13.2. The van der Waals surface area contributed by atoms with Gasteiger partial charge in [0.1, 0.15) is 11.4 Å². The number of Topliss-reactive ketones (excluding diaryl/α,β-unsaturated/α-hetero) is 2. The summed E-state index contributed by atoms with van der Waals surface area (Å²) in [5.74, 6) is 0.208. The molecular formula is C17H21N3O2. The van der Waals surface area contributed by atoms with E-state index in [9.17, 15) is 9.59 Å². The summed E-state index contributed by atoms with van der Waals surface area (Å²) >= 11 is 0. The van der Waals surface area contributed by atoms with Gasteiger partial charge in [0.25, 0.3) is 0 Å². The molecule has 116 valence electrons. The van der Waals surface area contributed by atoms with Crippen molar-refractivity contribution >= 4 is 11.6 Å². The van der Waals surface area contributed by atoms with Gasteiger partial charge in [-0.05, 0) is 30.0 Å². The van der Waals surface area contributed by atoms with E-state index >= 15 is 0 Å². The highest BCUT2D eigenvalue weighted by Gasteiger charge is 2.13. The van der Waals surface area contributed by atoms with Crippen LogP contribution in [0.3, 0.4) is 0 Å². The summed E-state index contributed by atoms with van der Waals surface area (Å²) in [6.45, 7) is 3.97. The summed E-state index contributed by atoms with van der Waals surface area (Å²) in [4.78, 5) is 28.5. The fraction of sp³-hybridized carbons (Fsp3) is 0.412. The Kier molecular flexibility index (Phi) is 5.20. The molecule has 0 bridgehead atoms. The van der Waals surface area contributed by atoms with Crippen LogP contribution in [0.25, 0.3) is 0 Å². The van der Waals surface area contributed by atoms with E-state index in [1.807, 2.05) is 27.1 Å². The maximum atomic E-state index is 12.2. The number of hydrogen-bond acceptors (Lipinski definition) is 4. The Bertz CT molecular complexity index is 674. The molecule has 5 heteroatoms. The Morgan fingerprint density at radius 3 is 2.45 bits per heavy atom. The number of nitrogens with zero attached hydrogens (tertiary/aromatic N) is 3. The summed E-state index contributed by atoms with van der Waals surface area (Å²) in [7, 11) is 1.84. The first kappa shape index (κ1) is 16.1. The first-order chi connectivity index (χ1) is 10.5. The van der Waals surface area contributed by atoms with Crippen LogP contribution in [-0.4, -0.2) is 26.3 Å². The second-order valence-corrected chi connectivity index (χ2v) is 5.87. The van der Waals surface area contributed by atoms with Crippen molar-refractivity contribution in [2.75, 3.05) is 0 Å². The molecule has 0 aromatic carbocycles. The van der Waals surface area contributed by atoms with E-state index in [1.54, 1.807) is 29.1 Å². The smallest absolute Gasteiger partial charge is 0.181 e. The molecule has 2 rings (SSSR count). The largest absolute Gasteiger partial charge is 0.292 e. The quantitative estimate of drug-likeness (QED) is 0.737. The van der Waals surface area contributed by atoms with Crippen LogP contribution in [0.1, 0.15) is 53.2 Å². The van der Waals surface area contributed by atoms with E-state index in [4.69, 9.17) is 0 Å². The fourth-order valence-electron chi connectivity index (χ4n) is 2.21. The van der Waals surface area contributed by atoms with Gasteiger partial charge in [0.05, 0.1) is 6.20 Å². The predicted molar refractivity (Wildman–Crippen MR) is 83.9 cm³/mol. The second-order valence-electron chi connectivity index (χ2n) is 5.87. The lowest BCUT2D eigenvalue weighted by atomic mass is 10.0. The molecule has 2 heterocycles. The maximum absolute atomic E-state index is 12.2. The monoisotopic (exact) mass is 299 g/mol. The third-order valence-corrected chi connectivity index (χ3v) is 3.31. The van der Waals surface area contributed by atoms with Gasteiger partial charge < -0.3 is 0 Å². The van der Waals surface area contributed by atoms with Crippen molar-refractivity contribution in [3.05, 3.63) is 47.5 Å². The Hall–Kier alpha value is -2.30. The first-order valence-electron chi connectivity index (χ1n) is 7.46. The lowest BCUT2D eigenvalue weighted by Crippen LogP contribution is -2.10. The van der Waals surface area contributed by atoms with Crippen LogP contribution in [0.15, 0.2) is 30.6 Å². The molecule has 0 amide bonds. The molecule has 0 saturated carbocycles. The van der Waals surface area contributed by atoms with Gasteiger partial charge in [-0.2, -0.15) is 5.10 Å². The third kappa shape index (κ3) is 4.35. The Morgan fingerprint density at radius 1 is 1.18 bits per heavy atom. The van der Waals surface area contributed by atoms with Gasteiger partial charge in [0, 0.05) is 26.1 Å². The maximum Gasteiger partial charge on any atom is 0.181 e. The number of carbonyl (C=O) groups is 2. The summed E-state index contributed by atoms with van der Waals surface area (Å²) in [5.41, 5.74) is 1.75. The van der Waals surface area contributed by atoms with E-state index < -0.39 is 0 Å². The van der Waals surface area contributed by atoms with E-state index in [1.165, 1.54) is 0 Å². The minimum Gasteiger partial charge on any atom is -0.292 e. The van der Waals surface area contributed by atoms with Crippen LogP contribution in [0.4, 0.5) is 0 Å². The van der Waals surface area contributed by atoms with Crippen molar-refractivity contribution in [3.63, 3.8) is 0 Å². The molecule has 0 fully saturated rings. The number of ketones is 2. The topological polar surface area (TPSA) is 64.8 Å². The highest BCUT2D eigenvalue weighted by molar-refractivity contribution is 5.98. The second kappa shape index (κ2) is 7.11. The number of rotatable bonds is 7. The Labute approximate surface area is 130 Å². The fourth-order valence-corrected chi connectivity index (χ4v) is 2.21. The van der Waals surface area contributed by atoms with Gasteiger partial charge in [-0.15, -0.1) is 0 Å². The number of aryl methyl sites for hydroxylation is 2. The van der Waals surface area contributed by atoms with Gasteiger partial charge in [0.2, 0.25) is 0 Å². The minimum atomic E-state index is -0.0527. The lowest BCUT2D eigenvalue weighted by Gasteiger charge is -2.05. The van der Waals surface area contributed by atoms with Crippen LogP contribution in [0.5, 0.6) is 0 Å². The lowest BCUT2D eigenvalue weighted by molar-refractivity contribution is 0.0962. The molecule has 0 saturated heterocycles. The van der Waals surface area contributed by atoms with Gasteiger partial charge in [-0.3, -0.25) is 14.3 Å². The average molecular weight is 299 g/mol. The molecule has 0 aliphatic rings. The molecular weight excluding hydrogens is 278 g/mol. The van der Waals surface area contributed by atoms with Gasteiger partial charge in [0.15, 0.2) is 11.6 Å². The van der Waals surface area contributed by atoms with Gasteiger partial charge >= 0.3 is 0 Å². The molecule has 2 aromatic rings. The molecule has 2 aromatic heterocycles. The molecule has 0 atom stereocenters. The molecule has 0 spiro atoms. The number of carbonyl (C=O) groups excluding carboxylic acids is 2. The van der Waals surface area contributed by atoms with Crippen molar-refractivity contribution in [1.82, 2.24) is 14.8 Å². The Balaban J connectivity index is 2.02. The van der Waals surface area contributed by atoms with Gasteiger partial charge in [-0.25, -0.2) is 4.98 Å². The summed E-state index contributed by atoms with van der Waals surface area (Å²) in [5, 5.41) is 4.08. The van der Waals surface area contributed by atoms with E-state index in [0.717, 1.165) is 5.56 Å². The van der Waals surface area contributed by atoms with Crippen molar-refractivity contribution in [1.29, 1.82) is 0 Å². The SMILES string of the molecule is CC(C)CC(=O)c1cccc(C(=O)CCc2cnn(C)c2)n1. The van der Waals surface area contributed by atoms with E-state index in [-0.39, 0.29) is 17.5 Å². The zero-order chi connectivity index (χ0) is 16.1. The van der Waals surface area contributed by atoms with Crippen LogP contribution in [-0.2, 0) is 13.5 Å². The van der Waals surface area contributed by atoms with Gasteiger partial charge in [-0.1, -0.05) is 19.9 Å². The first-order valence-corrected chi connectivity index (χ1v) is 7.46. The van der Waals surface area contributed by atoms with Crippen molar-refractivity contribution in [3.8, 4) is 0 Å².